The summed E-state index contributed by atoms with van der Waals surface area (Å²) in [6.45, 7) is 3.14. The van der Waals surface area contributed by atoms with E-state index >= 15 is 0 Å². The Kier molecular flexibility index (Phi) is 17.9. The van der Waals surface area contributed by atoms with E-state index in [1.807, 2.05) is 6.92 Å². The first-order valence-corrected chi connectivity index (χ1v) is 13.1. The number of ketones is 1. The van der Waals surface area contributed by atoms with Crippen LogP contribution in [-0.2, 0) is 14.9 Å². The van der Waals surface area contributed by atoms with E-state index in [0.29, 0.717) is 31.9 Å². The molecule has 10 heteroatoms. The fraction of sp³-hybridized carbons (Fsp3) is 0.818. The molecule has 0 aliphatic carbocycles. The molecule has 32 heavy (non-hydrogen) atoms. The van der Waals surface area contributed by atoms with Crippen molar-refractivity contribution in [3.63, 3.8) is 0 Å². The van der Waals surface area contributed by atoms with Crippen LogP contribution in [0.3, 0.4) is 0 Å². The van der Waals surface area contributed by atoms with Gasteiger partial charge in [-0.15, -0.1) is 0 Å². The number of aliphatic hydroxyl groups is 2. The Balaban J connectivity index is 0.00000961. The van der Waals surface area contributed by atoms with Crippen molar-refractivity contribution >= 4 is 21.7 Å². The molecule has 2 N–H and O–H groups in total. The molecule has 0 aromatic rings. The zero-order valence-corrected chi connectivity index (χ0v) is 22.7. The Morgan fingerprint density at radius 2 is 1.75 bits per heavy atom. The minimum Gasteiger partial charge on any atom is -0.748 e. The second kappa shape index (κ2) is 18.1. The van der Waals surface area contributed by atoms with E-state index in [2.05, 4.69) is 12.2 Å². The first-order chi connectivity index (χ1) is 14.8. The maximum Gasteiger partial charge on any atom is 1.00 e. The van der Waals surface area contributed by atoms with Crippen LogP contribution in [0.5, 0.6) is 0 Å². The molecule has 1 aliphatic heterocycles. The fourth-order valence-electron chi connectivity index (χ4n) is 3.95. The Labute approximate surface area is 215 Å². The number of amidine groups is 1. The summed E-state index contributed by atoms with van der Waals surface area (Å²) in [5.41, 5.74) is 0. The number of hydrogen-bond donors (Lipinski definition) is 2. The second-order valence-corrected chi connectivity index (χ2v) is 9.67. The van der Waals surface area contributed by atoms with Gasteiger partial charge in [-0.1, -0.05) is 50.7 Å². The summed E-state index contributed by atoms with van der Waals surface area (Å²) in [6.07, 6.45) is 13.5. The number of Topliss-reactive ketones (excluding diaryl/α,β-unsaturated/α-hetero) is 1. The quantitative estimate of drug-likeness (QED) is 0.0814. The van der Waals surface area contributed by atoms with Gasteiger partial charge in [0, 0.05) is 6.42 Å². The molecule has 0 aromatic carbocycles. The molecular weight excluding hydrogens is 443 g/mol. The van der Waals surface area contributed by atoms with Crippen LogP contribution in [0.15, 0.2) is 12.2 Å². The van der Waals surface area contributed by atoms with Crippen molar-refractivity contribution in [1.29, 1.82) is 0 Å². The smallest absolute Gasteiger partial charge is 0.748 e. The van der Waals surface area contributed by atoms with E-state index in [9.17, 15) is 28.0 Å². The number of rotatable bonds is 18. The summed E-state index contributed by atoms with van der Waals surface area (Å²) < 4.78 is 34.3. The molecule has 0 saturated carbocycles. The number of nitrogens with zero attached hydrogens (tertiary/aromatic N) is 2. The topological polar surface area (TPSA) is 121 Å². The summed E-state index contributed by atoms with van der Waals surface area (Å²) in [5, 5.41) is 19.2. The molecule has 8 nitrogen and oxygen atoms in total. The van der Waals surface area contributed by atoms with Crippen LogP contribution in [0.4, 0.5) is 0 Å². The van der Waals surface area contributed by atoms with E-state index in [1.165, 1.54) is 32.1 Å². The van der Waals surface area contributed by atoms with Crippen molar-refractivity contribution in [2.24, 2.45) is 0 Å². The molecule has 180 valence electrons. The number of hydrogen-bond acceptors (Lipinski definition) is 7. The van der Waals surface area contributed by atoms with Gasteiger partial charge in [0.25, 0.3) is 0 Å². The molecule has 1 rings (SSSR count). The zero-order chi connectivity index (χ0) is 23.1. The number of β-amino-alcohol motifs (C(OH)–C–C–N with tert-alkyl or cyclic N) is 2. The molecule has 0 spiro atoms. The Morgan fingerprint density at radius 3 is 2.31 bits per heavy atom. The van der Waals surface area contributed by atoms with Crippen LogP contribution in [0.2, 0.25) is 0 Å². The largest absolute Gasteiger partial charge is 1.00 e. The normalized spacial score (nSPS) is 15.4. The number of aliphatic hydroxyl groups excluding tert-OH is 2. The van der Waals surface area contributed by atoms with Gasteiger partial charge >= 0.3 is 35.4 Å². The first kappa shape index (κ1) is 31.7. The fourth-order valence-corrected chi connectivity index (χ4v) is 4.53. The summed E-state index contributed by atoms with van der Waals surface area (Å²) in [7, 11) is -4.54. The van der Waals surface area contributed by atoms with Crippen molar-refractivity contribution in [3.05, 3.63) is 12.2 Å². The number of carbonyl (C=O) groups excluding carboxylic acids is 1. The van der Waals surface area contributed by atoms with Gasteiger partial charge in [0.05, 0.1) is 22.5 Å². The van der Waals surface area contributed by atoms with Crippen LogP contribution >= 0.6 is 0 Å². The van der Waals surface area contributed by atoms with Crippen LogP contribution in [0, 0.1) is 0 Å². The predicted molar refractivity (Wildman–Crippen MR) is 120 cm³/mol. The van der Waals surface area contributed by atoms with Crippen molar-refractivity contribution in [2.45, 2.75) is 77.2 Å². The van der Waals surface area contributed by atoms with Gasteiger partial charge in [0.2, 0.25) is 5.78 Å². The predicted octanol–water partition coefficient (Wildman–Crippen LogP) is -1.34. The van der Waals surface area contributed by atoms with Gasteiger partial charge in [-0.2, -0.15) is 0 Å². The summed E-state index contributed by atoms with van der Waals surface area (Å²) >= 11 is 0. The van der Waals surface area contributed by atoms with Crippen molar-refractivity contribution in [1.82, 2.24) is 4.90 Å². The van der Waals surface area contributed by atoms with Crippen LogP contribution in [0.25, 0.3) is 0 Å². The van der Waals surface area contributed by atoms with Crippen molar-refractivity contribution in [3.8, 4) is 0 Å². The van der Waals surface area contributed by atoms with E-state index in [1.54, 1.807) is 9.48 Å². The Bertz CT molecular complexity index is 697. The molecule has 1 aliphatic rings. The molecule has 1 unspecified atom stereocenters. The Hall–Kier alpha value is -0.290. The zero-order valence-electron chi connectivity index (χ0n) is 19.9. The summed E-state index contributed by atoms with van der Waals surface area (Å²) in [4.78, 5) is 14.6. The number of unbranched alkanes of at least 4 members (excludes halogenated alkanes) is 8. The summed E-state index contributed by atoms with van der Waals surface area (Å²) in [6, 6.07) is 0. The number of allylic oxidation sites excluding steroid dienone is 2. The van der Waals surface area contributed by atoms with E-state index < -0.39 is 22.0 Å². The van der Waals surface area contributed by atoms with Crippen molar-refractivity contribution < 1.29 is 62.1 Å². The van der Waals surface area contributed by atoms with Gasteiger partial charge in [0.1, 0.15) is 32.3 Å². The van der Waals surface area contributed by atoms with Gasteiger partial charge in [-0.3, -0.25) is 14.3 Å². The maximum atomic E-state index is 12.8. The SMILES string of the molecule is C/C=C/CCCCCCCCCCC(=O)C1=[N+](CC(O)CS(=O)(=O)[O-])CCN1CCO.[Na+]. The molecule has 0 amide bonds. The van der Waals surface area contributed by atoms with Crippen LogP contribution < -0.4 is 29.6 Å². The van der Waals surface area contributed by atoms with Gasteiger partial charge in [-0.25, -0.2) is 8.42 Å². The van der Waals surface area contributed by atoms with Gasteiger partial charge in [0.15, 0.2) is 0 Å². The molecular formula is C22H40N2NaO6S+. The van der Waals surface area contributed by atoms with Gasteiger partial charge < -0.3 is 14.8 Å². The third kappa shape index (κ3) is 14.1. The molecule has 0 aromatic heterocycles. The third-order valence-electron chi connectivity index (χ3n) is 5.45. The van der Waals surface area contributed by atoms with E-state index in [4.69, 9.17) is 0 Å². The molecule has 0 fully saturated rings. The molecule has 0 bridgehead atoms. The van der Waals surface area contributed by atoms with Crippen LogP contribution in [-0.4, -0.2) is 88.9 Å². The average Bonchev–Trinajstić information content (AvgIpc) is 3.06. The van der Waals surface area contributed by atoms with Gasteiger partial charge in [-0.05, 0) is 26.2 Å². The maximum absolute atomic E-state index is 12.8. The molecule has 1 atom stereocenters. The van der Waals surface area contributed by atoms with Crippen molar-refractivity contribution in [2.75, 3.05) is 38.5 Å². The van der Waals surface area contributed by atoms with E-state index in [-0.39, 0.29) is 48.5 Å². The molecule has 0 radical (unpaired) electrons. The monoisotopic (exact) mass is 483 g/mol. The van der Waals surface area contributed by atoms with E-state index in [0.717, 1.165) is 25.7 Å². The first-order valence-electron chi connectivity index (χ1n) is 11.5. The minimum absolute atomic E-state index is 0. The van der Waals surface area contributed by atoms with Crippen LogP contribution in [0.1, 0.15) is 71.1 Å². The standard InChI is InChI=1S/C22H40N2O6S.Na/c1-2-3-4-5-6-7-8-9-10-11-12-13-21(27)22-23(16-17-25)14-15-24(22)18-20(26)19-31(28,29)30;/h2-3,20,25-26H,4-19H2,1H3;/q;+1/b3-2+;. The third-order valence-corrected chi connectivity index (χ3v) is 6.24. The molecule has 1 heterocycles. The average molecular weight is 484 g/mol. The summed E-state index contributed by atoms with van der Waals surface area (Å²) in [5.74, 6) is -0.523. The number of carbonyl (C=O) groups is 1. The second-order valence-electron chi connectivity index (χ2n) is 8.22. The minimum atomic E-state index is -4.54. The molecule has 0 saturated heterocycles. The Morgan fingerprint density at radius 1 is 1.16 bits per heavy atom.